The van der Waals surface area contributed by atoms with E-state index in [1.165, 1.54) is 6.92 Å². The third-order valence-electron chi connectivity index (χ3n) is 3.90. The largest absolute Gasteiger partial charge is 0.479 e. The number of rotatable bonds is 3. The van der Waals surface area contributed by atoms with E-state index in [2.05, 4.69) is 0 Å². The van der Waals surface area contributed by atoms with Gasteiger partial charge < -0.3 is 50.0 Å². The Morgan fingerprint density at radius 2 is 1.48 bits per heavy atom. The molecule has 0 saturated carbocycles. The molecule has 0 spiro atoms. The average molecular weight is 340 g/mol. The quantitative estimate of drug-likeness (QED) is 0.263. The van der Waals surface area contributed by atoms with Crippen molar-refractivity contribution in [2.45, 2.75) is 68.3 Å². The summed E-state index contributed by atoms with van der Waals surface area (Å²) in [4.78, 5) is 11.0. The van der Waals surface area contributed by atoms with Crippen molar-refractivity contribution in [3.05, 3.63) is 0 Å². The van der Waals surface area contributed by atoms with Gasteiger partial charge in [0.05, 0.1) is 6.10 Å². The Morgan fingerprint density at radius 3 is 2.04 bits per heavy atom. The molecule has 0 amide bonds. The van der Waals surface area contributed by atoms with E-state index in [9.17, 15) is 35.4 Å². The van der Waals surface area contributed by atoms with Crippen LogP contribution in [0.5, 0.6) is 0 Å². The molecule has 11 nitrogen and oxygen atoms in total. The summed E-state index contributed by atoms with van der Waals surface area (Å²) >= 11 is 0. The zero-order valence-electron chi connectivity index (χ0n) is 12.0. The molecule has 1 unspecified atom stereocenters. The van der Waals surface area contributed by atoms with Gasteiger partial charge >= 0.3 is 5.97 Å². The highest BCUT2D eigenvalue weighted by atomic mass is 16.7. The Kier molecular flexibility index (Phi) is 5.56. The van der Waals surface area contributed by atoms with Crippen LogP contribution in [0.4, 0.5) is 0 Å². The Morgan fingerprint density at radius 1 is 0.870 bits per heavy atom. The highest BCUT2D eigenvalue weighted by Gasteiger charge is 2.51. The van der Waals surface area contributed by atoms with Crippen molar-refractivity contribution < 1.29 is 54.8 Å². The maximum absolute atomic E-state index is 11.0. The molecule has 134 valence electrons. The van der Waals surface area contributed by atoms with E-state index in [1.54, 1.807) is 0 Å². The number of aliphatic hydroxyl groups excluding tert-OH is 6. The summed E-state index contributed by atoms with van der Waals surface area (Å²) in [6, 6.07) is 0. The summed E-state index contributed by atoms with van der Waals surface area (Å²) < 4.78 is 15.1. The smallest absolute Gasteiger partial charge is 0.335 e. The van der Waals surface area contributed by atoms with Gasteiger partial charge in [-0.05, 0) is 6.92 Å². The van der Waals surface area contributed by atoms with E-state index in [1.807, 2.05) is 0 Å². The number of aliphatic carboxylic acids is 1. The normalized spacial score (nSPS) is 51.4. The minimum absolute atomic E-state index is 0.938. The summed E-state index contributed by atoms with van der Waals surface area (Å²) in [6.45, 7) is 1.40. The van der Waals surface area contributed by atoms with Crippen molar-refractivity contribution >= 4 is 5.97 Å². The number of hydrogen-bond donors (Lipinski definition) is 7. The molecular weight excluding hydrogens is 320 g/mol. The van der Waals surface area contributed by atoms with Crippen molar-refractivity contribution in [2.24, 2.45) is 0 Å². The molecule has 0 radical (unpaired) electrons. The van der Waals surface area contributed by atoms with Crippen LogP contribution in [0.15, 0.2) is 0 Å². The molecule has 2 fully saturated rings. The van der Waals surface area contributed by atoms with E-state index < -0.39 is 67.4 Å². The first-order valence-corrected chi connectivity index (χ1v) is 6.92. The van der Waals surface area contributed by atoms with Crippen molar-refractivity contribution in [1.82, 2.24) is 0 Å². The predicted octanol–water partition coefficient (Wildman–Crippen LogP) is -4.28. The van der Waals surface area contributed by atoms with Crippen LogP contribution in [0, 0.1) is 0 Å². The Bertz CT molecular complexity index is 431. The summed E-state index contributed by atoms with van der Waals surface area (Å²) in [7, 11) is 0. The molecule has 2 heterocycles. The van der Waals surface area contributed by atoms with Gasteiger partial charge in [0.1, 0.15) is 36.6 Å². The minimum atomic E-state index is -1.88. The van der Waals surface area contributed by atoms with Gasteiger partial charge in [-0.1, -0.05) is 0 Å². The molecule has 0 aliphatic carbocycles. The first kappa shape index (κ1) is 18.4. The maximum Gasteiger partial charge on any atom is 0.335 e. The van der Waals surface area contributed by atoms with Crippen LogP contribution in [0.1, 0.15) is 6.92 Å². The molecule has 2 rings (SSSR count). The molecule has 0 aromatic carbocycles. The molecule has 2 aliphatic heterocycles. The lowest BCUT2D eigenvalue weighted by Gasteiger charge is -2.44. The second-order valence-electron chi connectivity index (χ2n) is 5.55. The Hall–Kier alpha value is -0.890. The zero-order chi connectivity index (χ0) is 17.5. The Labute approximate surface area is 130 Å². The second kappa shape index (κ2) is 6.93. The van der Waals surface area contributed by atoms with Crippen LogP contribution in [0.2, 0.25) is 0 Å². The summed E-state index contributed by atoms with van der Waals surface area (Å²) in [6.07, 6.45) is -16.3. The molecule has 7 N–H and O–H groups in total. The number of hydrogen-bond acceptors (Lipinski definition) is 10. The van der Waals surface area contributed by atoms with Crippen LogP contribution in [0.3, 0.4) is 0 Å². The van der Waals surface area contributed by atoms with Crippen LogP contribution >= 0.6 is 0 Å². The fourth-order valence-electron chi connectivity index (χ4n) is 2.53. The highest BCUT2D eigenvalue weighted by Crippen LogP contribution is 2.28. The lowest BCUT2D eigenvalue weighted by atomic mass is 9.97. The van der Waals surface area contributed by atoms with Gasteiger partial charge in [0.15, 0.2) is 18.7 Å². The molecule has 0 aromatic heterocycles. The third kappa shape index (κ3) is 3.47. The molecule has 10 atom stereocenters. The Balaban J connectivity index is 2.12. The highest BCUT2D eigenvalue weighted by molar-refractivity contribution is 5.73. The zero-order valence-corrected chi connectivity index (χ0v) is 12.0. The van der Waals surface area contributed by atoms with Crippen molar-refractivity contribution in [3.63, 3.8) is 0 Å². The van der Waals surface area contributed by atoms with Gasteiger partial charge in [-0.3, -0.25) is 0 Å². The van der Waals surface area contributed by atoms with Gasteiger partial charge in [-0.2, -0.15) is 0 Å². The number of carbonyl (C=O) groups is 1. The van der Waals surface area contributed by atoms with Crippen molar-refractivity contribution in [1.29, 1.82) is 0 Å². The molecule has 23 heavy (non-hydrogen) atoms. The molecular formula is C12H20O11. The van der Waals surface area contributed by atoms with Gasteiger partial charge in [0, 0.05) is 0 Å². The molecule has 0 bridgehead atoms. The van der Waals surface area contributed by atoms with E-state index in [0.29, 0.717) is 0 Å². The van der Waals surface area contributed by atoms with Gasteiger partial charge in [-0.15, -0.1) is 0 Å². The second-order valence-corrected chi connectivity index (χ2v) is 5.55. The predicted molar refractivity (Wildman–Crippen MR) is 67.8 cm³/mol. The van der Waals surface area contributed by atoms with Crippen LogP contribution in [0.25, 0.3) is 0 Å². The van der Waals surface area contributed by atoms with E-state index in [-0.39, 0.29) is 0 Å². The molecule has 11 heteroatoms. The number of ether oxygens (including phenoxy) is 3. The molecule has 2 aliphatic rings. The summed E-state index contributed by atoms with van der Waals surface area (Å²) in [5.41, 5.74) is 0. The van der Waals surface area contributed by atoms with Crippen LogP contribution in [-0.4, -0.2) is 103 Å². The SMILES string of the molecule is C[C@@H]1OC(O)[C@@H](O)[C@H](O)[C@@H]1O[C@@H]1O[C@H](C(=O)O)[C@@H](O)[C@H](O)[C@H]1O. The topological polar surface area (TPSA) is 186 Å². The number of carboxylic acids is 1. The third-order valence-corrected chi connectivity index (χ3v) is 3.90. The maximum atomic E-state index is 11.0. The molecule has 0 aromatic rings. The van der Waals surface area contributed by atoms with E-state index in [4.69, 9.17) is 19.3 Å². The van der Waals surface area contributed by atoms with Crippen molar-refractivity contribution in [3.8, 4) is 0 Å². The fourth-order valence-corrected chi connectivity index (χ4v) is 2.53. The number of carboxylic acid groups (broad SMARTS) is 1. The fraction of sp³-hybridized carbons (Fsp3) is 0.917. The van der Waals surface area contributed by atoms with Gasteiger partial charge in [-0.25, -0.2) is 4.79 Å². The lowest BCUT2D eigenvalue weighted by Crippen LogP contribution is -2.64. The van der Waals surface area contributed by atoms with Crippen molar-refractivity contribution in [2.75, 3.05) is 0 Å². The van der Waals surface area contributed by atoms with Crippen LogP contribution < -0.4 is 0 Å². The summed E-state index contributed by atoms with van der Waals surface area (Å²) in [5, 5.41) is 66.9. The number of aliphatic hydroxyl groups is 6. The minimum Gasteiger partial charge on any atom is -0.479 e. The van der Waals surface area contributed by atoms with Gasteiger partial charge in [0.25, 0.3) is 0 Å². The first-order valence-electron chi connectivity index (χ1n) is 6.92. The molecule has 2 saturated heterocycles. The van der Waals surface area contributed by atoms with E-state index in [0.717, 1.165) is 0 Å². The monoisotopic (exact) mass is 340 g/mol. The summed E-state index contributed by atoms with van der Waals surface area (Å²) in [5.74, 6) is -1.58. The van der Waals surface area contributed by atoms with Gasteiger partial charge in [0.2, 0.25) is 0 Å². The average Bonchev–Trinajstić information content (AvgIpc) is 2.48. The van der Waals surface area contributed by atoms with Crippen LogP contribution in [-0.2, 0) is 19.0 Å². The lowest BCUT2D eigenvalue weighted by molar-refractivity contribution is -0.347. The first-order chi connectivity index (χ1) is 10.6. The standard InChI is InChI=1S/C12H20O11/c1-2-8(5(15)6(16)11(20)21-2)22-12-7(17)3(13)4(14)9(23-12)10(18)19/h2-9,11-17,20H,1H3,(H,18,19)/t2-,3-,4-,5-,6-,7+,8+,9-,11?,12+/m0/s1. The van der Waals surface area contributed by atoms with E-state index >= 15 is 0 Å².